The lowest BCUT2D eigenvalue weighted by atomic mass is 9.92. The molecule has 1 aromatic heterocycles. The van der Waals surface area contributed by atoms with E-state index in [1.165, 1.54) is 12.8 Å². The van der Waals surface area contributed by atoms with Crippen molar-refractivity contribution in [2.75, 3.05) is 13.7 Å². The molecule has 2 atom stereocenters. The number of hydrogen-bond donors (Lipinski definition) is 1. The van der Waals surface area contributed by atoms with E-state index in [2.05, 4.69) is 22.2 Å². The first-order chi connectivity index (χ1) is 9.33. The van der Waals surface area contributed by atoms with E-state index in [4.69, 9.17) is 9.47 Å². The summed E-state index contributed by atoms with van der Waals surface area (Å²) in [7, 11) is 1.98. The Morgan fingerprint density at radius 2 is 2.21 bits per heavy atom. The third-order valence-electron chi connectivity index (χ3n) is 3.39. The van der Waals surface area contributed by atoms with Gasteiger partial charge in [-0.15, -0.1) is 0 Å². The SMILES string of the molecule is CCCOc1ccnc(OC2CCCCC2NC)n1. The molecule has 0 amide bonds. The Kier molecular flexibility index (Phi) is 5.39. The Morgan fingerprint density at radius 3 is 3.00 bits per heavy atom. The first-order valence-corrected chi connectivity index (χ1v) is 7.13. The molecule has 5 nitrogen and oxygen atoms in total. The fourth-order valence-corrected chi connectivity index (χ4v) is 2.37. The molecule has 2 unspecified atom stereocenters. The molecule has 0 aromatic carbocycles. The molecule has 2 rings (SSSR count). The molecular formula is C14H23N3O2. The van der Waals surface area contributed by atoms with Gasteiger partial charge in [0.05, 0.1) is 6.61 Å². The summed E-state index contributed by atoms with van der Waals surface area (Å²) in [5.41, 5.74) is 0. The molecule has 0 aliphatic heterocycles. The minimum atomic E-state index is 0.153. The van der Waals surface area contributed by atoms with Crippen molar-refractivity contribution in [1.82, 2.24) is 15.3 Å². The first-order valence-electron chi connectivity index (χ1n) is 7.13. The van der Waals surface area contributed by atoms with Gasteiger partial charge in [-0.3, -0.25) is 0 Å². The maximum absolute atomic E-state index is 5.91. The zero-order valence-electron chi connectivity index (χ0n) is 11.8. The molecule has 1 aliphatic carbocycles. The van der Waals surface area contributed by atoms with Gasteiger partial charge in [-0.1, -0.05) is 13.3 Å². The van der Waals surface area contributed by atoms with Crippen LogP contribution in [0.1, 0.15) is 39.0 Å². The van der Waals surface area contributed by atoms with E-state index in [1.807, 2.05) is 7.05 Å². The summed E-state index contributed by atoms with van der Waals surface area (Å²) in [5, 5.41) is 3.31. The maximum atomic E-state index is 5.91. The molecule has 1 aromatic rings. The molecule has 1 saturated carbocycles. The minimum Gasteiger partial charge on any atom is -0.478 e. The summed E-state index contributed by atoms with van der Waals surface area (Å²) in [5.74, 6) is 0.587. The van der Waals surface area contributed by atoms with E-state index in [9.17, 15) is 0 Å². The normalized spacial score (nSPS) is 23.1. The number of aromatic nitrogens is 2. The van der Waals surface area contributed by atoms with E-state index >= 15 is 0 Å². The Labute approximate surface area is 114 Å². The third-order valence-corrected chi connectivity index (χ3v) is 3.39. The fraction of sp³-hybridized carbons (Fsp3) is 0.714. The molecular weight excluding hydrogens is 242 g/mol. The number of likely N-dealkylation sites (N-methyl/N-ethyl adjacent to an activating group) is 1. The van der Waals surface area contributed by atoms with Crippen LogP contribution < -0.4 is 14.8 Å². The van der Waals surface area contributed by atoms with Crippen LogP contribution in [0.5, 0.6) is 11.9 Å². The van der Waals surface area contributed by atoms with Crippen molar-refractivity contribution in [3.63, 3.8) is 0 Å². The van der Waals surface area contributed by atoms with Gasteiger partial charge in [-0.05, 0) is 32.7 Å². The van der Waals surface area contributed by atoms with Gasteiger partial charge < -0.3 is 14.8 Å². The summed E-state index contributed by atoms with van der Waals surface area (Å²) >= 11 is 0. The third kappa shape index (κ3) is 4.06. The van der Waals surface area contributed by atoms with E-state index in [-0.39, 0.29) is 6.10 Å². The smallest absolute Gasteiger partial charge is 0.320 e. The van der Waals surface area contributed by atoms with E-state index in [1.54, 1.807) is 12.3 Å². The van der Waals surface area contributed by atoms with Gasteiger partial charge in [0.2, 0.25) is 5.88 Å². The number of nitrogens with one attached hydrogen (secondary N) is 1. The van der Waals surface area contributed by atoms with Crippen molar-refractivity contribution in [3.8, 4) is 11.9 Å². The van der Waals surface area contributed by atoms with Crippen LogP contribution in [0.15, 0.2) is 12.3 Å². The largest absolute Gasteiger partial charge is 0.478 e. The molecule has 5 heteroatoms. The first kappa shape index (κ1) is 14.1. The second-order valence-electron chi connectivity index (χ2n) is 4.86. The Balaban J connectivity index is 1.97. The van der Waals surface area contributed by atoms with Gasteiger partial charge in [-0.2, -0.15) is 4.98 Å². The zero-order chi connectivity index (χ0) is 13.5. The summed E-state index contributed by atoms with van der Waals surface area (Å²) in [4.78, 5) is 8.46. The fourth-order valence-electron chi connectivity index (χ4n) is 2.37. The van der Waals surface area contributed by atoms with Crippen LogP contribution >= 0.6 is 0 Å². The van der Waals surface area contributed by atoms with Gasteiger partial charge in [0.15, 0.2) is 0 Å². The van der Waals surface area contributed by atoms with E-state index in [0.717, 1.165) is 19.3 Å². The van der Waals surface area contributed by atoms with Crippen LogP contribution in [-0.4, -0.2) is 35.8 Å². The Bertz CT molecular complexity index is 387. The molecule has 0 spiro atoms. The molecule has 106 valence electrons. The Morgan fingerprint density at radius 1 is 1.37 bits per heavy atom. The summed E-state index contributed by atoms with van der Waals surface area (Å²) in [6.07, 6.45) is 7.46. The lowest BCUT2D eigenvalue weighted by molar-refractivity contribution is 0.106. The van der Waals surface area contributed by atoms with Crippen LogP contribution in [0.3, 0.4) is 0 Å². The van der Waals surface area contributed by atoms with Gasteiger partial charge in [0.1, 0.15) is 6.10 Å². The summed E-state index contributed by atoms with van der Waals surface area (Å²) in [6, 6.07) is 2.57. The average Bonchev–Trinajstić information content (AvgIpc) is 2.46. The monoisotopic (exact) mass is 265 g/mol. The van der Waals surface area contributed by atoms with Gasteiger partial charge >= 0.3 is 6.01 Å². The van der Waals surface area contributed by atoms with Crippen molar-refractivity contribution in [3.05, 3.63) is 12.3 Å². The van der Waals surface area contributed by atoms with Crippen molar-refractivity contribution >= 4 is 0 Å². The van der Waals surface area contributed by atoms with Crippen molar-refractivity contribution in [1.29, 1.82) is 0 Å². The molecule has 0 saturated heterocycles. The van der Waals surface area contributed by atoms with Gasteiger partial charge in [-0.25, -0.2) is 4.98 Å². The number of rotatable bonds is 6. The van der Waals surface area contributed by atoms with Gasteiger partial charge in [0, 0.05) is 18.3 Å². The summed E-state index contributed by atoms with van der Waals surface area (Å²) in [6.45, 7) is 2.73. The second-order valence-corrected chi connectivity index (χ2v) is 4.86. The van der Waals surface area contributed by atoms with E-state index in [0.29, 0.717) is 24.5 Å². The number of ether oxygens (including phenoxy) is 2. The second kappa shape index (κ2) is 7.28. The average molecular weight is 265 g/mol. The molecule has 0 bridgehead atoms. The van der Waals surface area contributed by atoms with Crippen molar-refractivity contribution in [2.24, 2.45) is 0 Å². The highest BCUT2D eigenvalue weighted by molar-refractivity contribution is 5.11. The van der Waals surface area contributed by atoms with E-state index < -0.39 is 0 Å². The molecule has 1 N–H and O–H groups in total. The van der Waals surface area contributed by atoms with Crippen molar-refractivity contribution in [2.45, 2.75) is 51.2 Å². The zero-order valence-corrected chi connectivity index (χ0v) is 11.8. The minimum absolute atomic E-state index is 0.153. The highest BCUT2D eigenvalue weighted by atomic mass is 16.5. The van der Waals surface area contributed by atoms with Crippen LogP contribution in [0, 0.1) is 0 Å². The number of nitrogens with zero attached hydrogens (tertiary/aromatic N) is 2. The molecule has 0 radical (unpaired) electrons. The van der Waals surface area contributed by atoms with Crippen LogP contribution in [0.2, 0.25) is 0 Å². The quantitative estimate of drug-likeness (QED) is 0.854. The van der Waals surface area contributed by atoms with Gasteiger partial charge in [0.25, 0.3) is 0 Å². The molecule has 1 aliphatic rings. The number of hydrogen-bond acceptors (Lipinski definition) is 5. The predicted molar refractivity (Wildman–Crippen MR) is 73.5 cm³/mol. The molecule has 1 fully saturated rings. The van der Waals surface area contributed by atoms with Crippen molar-refractivity contribution < 1.29 is 9.47 Å². The lowest BCUT2D eigenvalue weighted by Gasteiger charge is -2.30. The standard InChI is InChI=1S/C14H23N3O2/c1-3-10-18-13-8-9-16-14(17-13)19-12-7-5-4-6-11(12)15-2/h8-9,11-12,15H,3-7,10H2,1-2H3. The summed E-state index contributed by atoms with van der Waals surface area (Å²) < 4.78 is 11.4. The highest BCUT2D eigenvalue weighted by Crippen LogP contribution is 2.22. The maximum Gasteiger partial charge on any atom is 0.320 e. The predicted octanol–water partition coefficient (Wildman–Crippen LogP) is 2.17. The Hall–Kier alpha value is -1.36. The van der Waals surface area contributed by atoms with Crippen LogP contribution in [-0.2, 0) is 0 Å². The highest BCUT2D eigenvalue weighted by Gasteiger charge is 2.26. The topological polar surface area (TPSA) is 56.3 Å². The van der Waals surface area contributed by atoms with Crippen LogP contribution in [0.4, 0.5) is 0 Å². The molecule has 1 heterocycles. The lowest BCUT2D eigenvalue weighted by Crippen LogP contribution is -2.43. The molecule has 19 heavy (non-hydrogen) atoms. The van der Waals surface area contributed by atoms with Crippen LogP contribution in [0.25, 0.3) is 0 Å².